The lowest BCUT2D eigenvalue weighted by Crippen LogP contribution is -2.19. The van der Waals surface area contributed by atoms with Crippen molar-refractivity contribution in [2.24, 2.45) is 0 Å². The first-order valence-electron chi connectivity index (χ1n) is 8.43. The minimum absolute atomic E-state index is 0.206. The smallest absolute Gasteiger partial charge is 0.341 e. The first-order valence-corrected chi connectivity index (χ1v) is 8.81. The third-order valence-electron chi connectivity index (χ3n) is 4.49. The standard InChI is InChI=1S/C21H14ClN3O3/c1-12-3-2-4-16(22)18(12)25-11-15(21(27)28)19(26)14-5-6-17(24-20(14)25)13-7-9-23-10-8-13/h2-11H,1H3,(H,27,28). The van der Waals surface area contributed by atoms with Crippen LogP contribution in [0.3, 0.4) is 0 Å². The molecule has 4 rings (SSSR count). The van der Waals surface area contributed by atoms with Gasteiger partial charge in [-0.3, -0.25) is 14.3 Å². The van der Waals surface area contributed by atoms with Gasteiger partial charge in [-0.25, -0.2) is 9.78 Å². The average molecular weight is 392 g/mol. The number of rotatable bonds is 3. The molecule has 0 amide bonds. The maximum Gasteiger partial charge on any atom is 0.341 e. The minimum Gasteiger partial charge on any atom is -0.477 e. The Labute approximate surface area is 164 Å². The molecule has 0 aliphatic rings. The molecule has 28 heavy (non-hydrogen) atoms. The van der Waals surface area contributed by atoms with Crippen LogP contribution in [-0.4, -0.2) is 25.6 Å². The molecule has 0 atom stereocenters. The van der Waals surface area contributed by atoms with Crippen molar-refractivity contribution >= 4 is 28.6 Å². The second kappa shape index (κ2) is 6.90. The van der Waals surface area contributed by atoms with Crippen LogP contribution in [0, 0.1) is 6.92 Å². The quantitative estimate of drug-likeness (QED) is 0.568. The molecule has 0 spiro atoms. The number of aromatic nitrogens is 3. The van der Waals surface area contributed by atoms with Crippen molar-refractivity contribution in [1.29, 1.82) is 0 Å². The van der Waals surface area contributed by atoms with Gasteiger partial charge in [0.2, 0.25) is 5.43 Å². The highest BCUT2D eigenvalue weighted by Crippen LogP contribution is 2.28. The average Bonchev–Trinajstić information content (AvgIpc) is 2.69. The molecule has 4 aromatic rings. The number of aryl methyl sites for hydroxylation is 1. The van der Waals surface area contributed by atoms with Gasteiger partial charge in [-0.05, 0) is 42.8 Å². The number of carboxylic acid groups (broad SMARTS) is 1. The van der Waals surface area contributed by atoms with Crippen LogP contribution in [0.5, 0.6) is 0 Å². The molecule has 0 aliphatic carbocycles. The topological polar surface area (TPSA) is 85.1 Å². The van der Waals surface area contributed by atoms with Crippen molar-refractivity contribution in [3.63, 3.8) is 0 Å². The van der Waals surface area contributed by atoms with Gasteiger partial charge < -0.3 is 5.11 Å². The van der Waals surface area contributed by atoms with Crippen molar-refractivity contribution in [2.75, 3.05) is 0 Å². The lowest BCUT2D eigenvalue weighted by Gasteiger charge is -2.16. The Hall–Kier alpha value is -3.51. The van der Waals surface area contributed by atoms with Crippen LogP contribution >= 0.6 is 11.6 Å². The van der Waals surface area contributed by atoms with E-state index in [1.165, 1.54) is 6.20 Å². The molecule has 1 N–H and O–H groups in total. The zero-order chi connectivity index (χ0) is 19.8. The highest BCUT2D eigenvalue weighted by Gasteiger charge is 2.19. The second-order valence-electron chi connectivity index (χ2n) is 6.26. The van der Waals surface area contributed by atoms with E-state index in [-0.39, 0.29) is 10.9 Å². The number of hydrogen-bond acceptors (Lipinski definition) is 4. The van der Waals surface area contributed by atoms with Gasteiger partial charge in [-0.15, -0.1) is 0 Å². The van der Waals surface area contributed by atoms with Crippen LogP contribution in [0.25, 0.3) is 28.0 Å². The highest BCUT2D eigenvalue weighted by atomic mass is 35.5. The third kappa shape index (κ3) is 2.93. The molecule has 0 bridgehead atoms. The van der Waals surface area contributed by atoms with Crippen LogP contribution in [0.2, 0.25) is 5.02 Å². The van der Waals surface area contributed by atoms with E-state index >= 15 is 0 Å². The van der Waals surface area contributed by atoms with Crippen molar-refractivity contribution in [1.82, 2.24) is 14.5 Å². The fourth-order valence-corrected chi connectivity index (χ4v) is 3.45. The predicted molar refractivity (Wildman–Crippen MR) is 107 cm³/mol. The molecule has 3 aromatic heterocycles. The largest absolute Gasteiger partial charge is 0.477 e. The number of carboxylic acids is 1. The normalized spacial score (nSPS) is 10.9. The van der Waals surface area contributed by atoms with Crippen molar-refractivity contribution in [3.8, 4) is 16.9 Å². The van der Waals surface area contributed by atoms with Crippen LogP contribution in [-0.2, 0) is 0 Å². The zero-order valence-corrected chi connectivity index (χ0v) is 15.5. The predicted octanol–water partition coefficient (Wildman–Crippen LogP) is 4.11. The summed E-state index contributed by atoms with van der Waals surface area (Å²) < 4.78 is 1.57. The summed E-state index contributed by atoms with van der Waals surface area (Å²) in [4.78, 5) is 33.0. The van der Waals surface area contributed by atoms with E-state index in [1.54, 1.807) is 41.2 Å². The molecule has 0 saturated carbocycles. The molecule has 1 aromatic carbocycles. The molecular formula is C21H14ClN3O3. The van der Waals surface area contributed by atoms with Gasteiger partial charge in [-0.1, -0.05) is 23.7 Å². The number of aromatic carboxylic acids is 1. The molecule has 0 aliphatic heterocycles. The Morgan fingerprint density at radius 2 is 1.86 bits per heavy atom. The maximum absolute atomic E-state index is 12.7. The van der Waals surface area contributed by atoms with E-state index in [0.717, 1.165) is 11.1 Å². The summed E-state index contributed by atoms with van der Waals surface area (Å²) in [6, 6.07) is 12.3. The van der Waals surface area contributed by atoms with E-state index < -0.39 is 11.4 Å². The molecule has 0 unspecified atom stereocenters. The number of carbonyl (C=O) groups is 1. The van der Waals surface area contributed by atoms with Gasteiger partial charge >= 0.3 is 5.97 Å². The van der Waals surface area contributed by atoms with Crippen LogP contribution in [0.15, 0.2) is 65.8 Å². The molecule has 138 valence electrons. The van der Waals surface area contributed by atoms with Gasteiger partial charge in [0.05, 0.1) is 21.8 Å². The maximum atomic E-state index is 12.7. The summed E-state index contributed by atoms with van der Waals surface area (Å²) in [6.07, 6.45) is 4.59. The molecule has 0 radical (unpaired) electrons. The summed E-state index contributed by atoms with van der Waals surface area (Å²) in [5.41, 5.74) is 2.27. The molecule has 0 saturated heterocycles. The summed E-state index contributed by atoms with van der Waals surface area (Å²) in [7, 11) is 0. The Balaban J connectivity index is 2.13. The first-order chi connectivity index (χ1) is 13.5. The van der Waals surface area contributed by atoms with E-state index in [1.807, 2.05) is 25.1 Å². The van der Waals surface area contributed by atoms with Crippen molar-refractivity contribution in [3.05, 3.63) is 87.4 Å². The SMILES string of the molecule is Cc1cccc(Cl)c1-n1cc(C(=O)O)c(=O)c2ccc(-c3ccncc3)nc21. The lowest BCUT2D eigenvalue weighted by atomic mass is 10.1. The zero-order valence-electron chi connectivity index (χ0n) is 14.8. The summed E-state index contributed by atoms with van der Waals surface area (Å²) in [5, 5.41) is 10.1. The van der Waals surface area contributed by atoms with Crippen molar-refractivity contribution < 1.29 is 9.90 Å². The van der Waals surface area contributed by atoms with Gasteiger partial charge in [0, 0.05) is 24.2 Å². The first kappa shape index (κ1) is 17.9. The third-order valence-corrected chi connectivity index (χ3v) is 4.79. The molecular weight excluding hydrogens is 378 g/mol. The Morgan fingerprint density at radius 3 is 2.54 bits per heavy atom. The van der Waals surface area contributed by atoms with Gasteiger partial charge in [-0.2, -0.15) is 0 Å². The van der Waals surface area contributed by atoms with Crippen LogP contribution in [0.4, 0.5) is 0 Å². The van der Waals surface area contributed by atoms with Crippen LogP contribution in [0.1, 0.15) is 15.9 Å². The van der Waals surface area contributed by atoms with Crippen molar-refractivity contribution in [2.45, 2.75) is 6.92 Å². The van der Waals surface area contributed by atoms with E-state index in [0.29, 0.717) is 22.1 Å². The number of para-hydroxylation sites is 1. The number of hydrogen-bond donors (Lipinski definition) is 1. The Kier molecular flexibility index (Phi) is 4.41. The summed E-state index contributed by atoms with van der Waals surface area (Å²) in [5.74, 6) is -1.30. The number of pyridine rings is 3. The molecule has 7 heteroatoms. The highest BCUT2D eigenvalue weighted by molar-refractivity contribution is 6.32. The second-order valence-corrected chi connectivity index (χ2v) is 6.66. The van der Waals surface area contributed by atoms with Gasteiger partial charge in [0.25, 0.3) is 0 Å². The lowest BCUT2D eigenvalue weighted by molar-refractivity contribution is 0.0695. The fourth-order valence-electron chi connectivity index (χ4n) is 3.14. The van der Waals surface area contributed by atoms with Crippen LogP contribution < -0.4 is 5.43 Å². The van der Waals surface area contributed by atoms with Gasteiger partial charge in [0.1, 0.15) is 11.2 Å². The van der Waals surface area contributed by atoms with E-state index in [4.69, 9.17) is 11.6 Å². The Morgan fingerprint density at radius 1 is 1.11 bits per heavy atom. The molecule has 3 heterocycles. The Bertz CT molecular complexity index is 1260. The fraction of sp³-hybridized carbons (Fsp3) is 0.0476. The monoisotopic (exact) mass is 391 g/mol. The number of fused-ring (bicyclic) bond motifs is 1. The minimum atomic E-state index is -1.30. The number of nitrogens with zero attached hydrogens (tertiary/aromatic N) is 3. The number of halogens is 1. The summed E-state index contributed by atoms with van der Waals surface area (Å²) in [6.45, 7) is 1.86. The summed E-state index contributed by atoms with van der Waals surface area (Å²) >= 11 is 6.41. The number of benzene rings is 1. The molecule has 0 fully saturated rings. The van der Waals surface area contributed by atoms with E-state index in [9.17, 15) is 14.7 Å². The molecule has 6 nitrogen and oxygen atoms in total. The van der Waals surface area contributed by atoms with Gasteiger partial charge in [0.15, 0.2) is 0 Å². The van der Waals surface area contributed by atoms with E-state index in [2.05, 4.69) is 9.97 Å².